The van der Waals surface area contributed by atoms with E-state index in [0.717, 1.165) is 36.0 Å². The van der Waals surface area contributed by atoms with Crippen molar-refractivity contribution >= 4 is 28.0 Å². The van der Waals surface area contributed by atoms with Gasteiger partial charge < -0.3 is 5.32 Å². The number of hydrogen-bond donors (Lipinski definition) is 1. The Morgan fingerprint density at radius 3 is 3.13 bits per heavy atom. The lowest BCUT2D eigenvalue weighted by atomic mass is 10.3. The van der Waals surface area contributed by atoms with Crippen molar-refractivity contribution in [2.24, 2.45) is 0 Å². The molecule has 2 heterocycles. The summed E-state index contributed by atoms with van der Waals surface area (Å²) in [6.45, 7) is 2.85. The zero-order chi connectivity index (χ0) is 10.5. The molecule has 15 heavy (non-hydrogen) atoms. The van der Waals surface area contributed by atoms with Crippen LogP contribution in [-0.4, -0.2) is 14.3 Å². The Labute approximate surface area is 96.6 Å². The molecule has 0 radical (unpaired) electrons. The van der Waals surface area contributed by atoms with Gasteiger partial charge in [-0.15, -0.1) is 11.3 Å². The molecule has 0 unspecified atom stereocenters. The summed E-state index contributed by atoms with van der Waals surface area (Å²) in [4.78, 5) is 8.56. The summed E-state index contributed by atoms with van der Waals surface area (Å²) in [5.74, 6) is 0.934. The lowest BCUT2D eigenvalue weighted by molar-refractivity contribution is 0.860. The van der Waals surface area contributed by atoms with Crippen LogP contribution < -0.4 is 5.32 Å². The van der Waals surface area contributed by atoms with Crippen LogP contribution in [0.1, 0.15) is 24.9 Å². The summed E-state index contributed by atoms with van der Waals surface area (Å²) >= 11 is 3.02. The van der Waals surface area contributed by atoms with Gasteiger partial charge in [0.15, 0.2) is 0 Å². The first kappa shape index (κ1) is 10.5. The molecule has 0 atom stereocenters. The van der Waals surface area contributed by atoms with Crippen molar-refractivity contribution in [3.63, 3.8) is 0 Å². The highest BCUT2D eigenvalue weighted by Crippen LogP contribution is 2.13. The number of aromatic nitrogens is 3. The third-order valence-corrected chi connectivity index (χ3v) is 3.19. The van der Waals surface area contributed by atoms with E-state index in [1.54, 1.807) is 11.3 Å². The van der Waals surface area contributed by atoms with Crippen LogP contribution in [0.2, 0.25) is 0 Å². The molecule has 4 nitrogen and oxygen atoms in total. The van der Waals surface area contributed by atoms with E-state index in [0.29, 0.717) is 0 Å². The highest BCUT2D eigenvalue weighted by molar-refractivity contribution is 7.09. The highest BCUT2D eigenvalue weighted by Gasteiger charge is 2.02. The SMILES string of the molecule is CCCc1nsc(NCc2cscn2)n1. The third-order valence-electron chi connectivity index (χ3n) is 1.85. The smallest absolute Gasteiger partial charge is 0.202 e. The number of anilines is 1. The van der Waals surface area contributed by atoms with E-state index in [-0.39, 0.29) is 0 Å². The van der Waals surface area contributed by atoms with Crippen molar-refractivity contribution in [3.8, 4) is 0 Å². The summed E-state index contributed by atoms with van der Waals surface area (Å²) in [6.07, 6.45) is 2.04. The van der Waals surface area contributed by atoms with Crippen LogP contribution in [0.4, 0.5) is 5.13 Å². The molecule has 0 saturated heterocycles. The Hall–Kier alpha value is -1.01. The van der Waals surface area contributed by atoms with Crippen molar-refractivity contribution in [1.82, 2.24) is 14.3 Å². The van der Waals surface area contributed by atoms with Gasteiger partial charge >= 0.3 is 0 Å². The highest BCUT2D eigenvalue weighted by atomic mass is 32.1. The minimum atomic E-state index is 0.726. The predicted molar refractivity (Wildman–Crippen MR) is 63.3 cm³/mol. The topological polar surface area (TPSA) is 50.7 Å². The van der Waals surface area contributed by atoms with Gasteiger partial charge in [-0.2, -0.15) is 4.37 Å². The summed E-state index contributed by atoms with van der Waals surface area (Å²) < 4.78 is 4.26. The van der Waals surface area contributed by atoms with E-state index in [9.17, 15) is 0 Å². The second kappa shape index (κ2) is 5.18. The maximum absolute atomic E-state index is 4.37. The van der Waals surface area contributed by atoms with Crippen LogP contribution in [0.15, 0.2) is 10.9 Å². The minimum Gasteiger partial charge on any atom is -0.355 e. The number of rotatable bonds is 5. The number of nitrogens with zero attached hydrogens (tertiary/aromatic N) is 3. The van der Waals surface area contributed by atoms with E-state index in [1.807, 2.05) is 10.9 Å². The quantitative estimate of drug-likeness (QED) is 0.872. The van der Waals surface area contributed by atoms with Gasteiger partial charge in [0.05, 0.1) is 17.7 Å². The molecule has 0 aliphatic rings. The Bertz CT molecular complexity index is 396. The monoisotopic (exact) mass is 240 g/mol. The van der Waals surface area contributed by atoms with E-state index < -0.39 is 0 Å². The minimum absolute atomic E-state index is 0.726. The van der Waals surface area contributed by atoms with E-state index in [1.165, 1.54) is 11.5 Å². The fourth-order valence-corrected chi connectivity index (χ4v) is 2.31. The van der Waals surface area contributed by atoms with Crippen LogP contribution in [0.25, 0.3) is 0 Å². The zero-order valence-corrected chi connectivity index (χ0v) is 10.1. The zero-order valence-electron chi connectivity index (χ0n) is 8.43. The van der Waals surface area contributed by atoms with Crippen LogP contribution in [0.3, 0.4) is 0 Å². The molecule has 2 aromatic heterocycles. The summed E-state index contributed by atoms with van der Waals surface area (Å²) in [6, 6.07) is 0. The third kappa shape index (κ3) is 2.97. The molecule has 0 aliphatic heterocycles. The molecule has 0 fully saturated rings. The Kier molecular flexibility index (Phi) is 3.63. The Balaban J connectivity index is 1.88. The second-order valence-electron chi connectivity index (χ2n) is 3.10. The van der Waals surface area contributed by atoms with Crippen LogP contribution >= 0.6 is 22.9 Å². The van der Waals surface area contributed by atoms with Gasteiger partial charge in [0.25, 0.3) is 0 Å². The van der Waals surface area contributed by atoms with E-state index in [2.05, 4.69) is 26.6 Å². The lowest BCUT2D eigenvalue weighted by Crippen LogP contribution is -1.99. The summed E-state index contributed by atoms with van der Waals surface area (Å²) in [7, 11) is 0. The molecule has 0 saturated carbocycles. The normalized spacial score (nSPS) is 10.5. The first-order valence-corrected chi connectivity index (χ1v) is 6.53. The van der Waals surface area contributed by atoms with Gasteiger partial charge in [-0.3, -0.25) is 0 Å². The number of nitrogens with one attached hydrogen (secondary N) is 1. The maximum atomic E-state index is 4.37. The van der Waals surface area contributed by atoms with Gasteiger partial charge in [-0.1, -0.05) is 6.92 Å². The predicted octanol–water partition coefficient (Wildman–Crippen LogP) is 2.56. The average molecular weight is 240 g/mol. The summed E-state index contributed by atoms with van der Waals surface area (Å²) in [5, 5.41) is 6.12. The average Bonchev–Trinajstić information content (AvgIpc) is 2.85. The van der Waals surface area contributed by atoms with Crippen molar-refractivity contribution in [2.75, 3.05) is 5.32 Å². The molecular formula is C9H12N4S2. The van der Waals surface area contributed by atoms with E-state index in [4.69, 9.17) is 0 Å². The first-order chi connectivity index (χ1) is 7.38. The second-order valence-corrected chi connectivity index (χ2v) is 4.57. The molecule has 2 aromatic rings. The molecule has 0 aliphatic carbocycles. The van der Waals surface area contributed by atoms with Crippen molar-refractivity contribution in [3.05, 3.63) is 22.4 Å². The molecule has 0 spiro atoms. The standard InChI is InChI=1S/C9H12N4S2/c1-2-3-8-12-9(15-13-8)10-4-7-5-14-6-11-7/h5-6H,2-4H2,1H3,(H,10,12,13). The Morgan fingerprint density at radius 2 is 2.40 bits per heavy atom. The van der Waals surface area contributed by atoms with Gasteiger partial charge in [0, 0.05) is 23.3 Å². The van der Waals surface area contributed by atoms with Gasteiger partial charge in [-0.25, -0.2) is 9.97 Å². The van der Waals surface area contributed by atoms with Crippen LogP contribution in [-0.2, 0) is 13.0 Å². The number of thiazole rings is 1. The number of aryl methyl sites for hydroxylation is 1. The molecule has 0 bridgehead atoms. The summed E-state index contributed by atoms with van der Waals surface area (Å²) in [5.41, 5.74) is 2.88. The van der Waals surface area contributed by atoms with Crippen LogP contribution in [0, 0.1) is 0 Å². The largest absolute Gasteiger partial charge is 0.355 e. The van der Waals surface area contributed by atoms with Gasteiger partial charge in [0.1, 0.15) is 5.82 Å². The molecule has 80 valence electrons. The molecule has 0 amide bonds. The fourth-order valence-electron chi connectivity index (χ4n) is 1.14. The van der Waals surface area contributed by atoms with E-state index >= 15 is 0 Å². The molecule has 6 heteroatoms. The molecular weight excluding hydrogens is 228 g/mol. The molecule has 2 rings (SSSR count). The van der Waals surface area contributed by atoms with Gasteiger partial charge in [0.2, 0.25) is 5.13 Å². The van der Waals surface area contributed by atoms with Crippen molar-refractivity contribution in [2.45, 2.75) is 26.3 Å². The lowest BCUT2D eigenvalue weighted by Gasteiger charge is -1.96. The van der Waals surface area contributed by atoms with Crippen molar-refractivity contribution in [1.29, 1.82) is 0 Å². The molecule has 1 N–H and O–H groups in total. The Morgan fingerprint density at radius 1 is 1.47 bits per heavy atom. The van der Waals surface area contributed by atoms with Crippen molar-refractivity contribution < 1.29 is 0 Å². The number of hydrogen-bond acceptors (Lipinski definition) is 6. The molecule has 0 aromatic carbocycles. The van der Waals surface area contributed by atoms with Gasteiger partial charge in [-0.05, 0) is 6.42 Å². The van der Waals surface area contributed by atoms with Crippen LogP contribution in [0.5, 0.6) is 0 Å². The first-order valence-electron chi connectivity index (χ1n) is 4.82. The maximum Gasteiger partial charge on any atom is 0.202 e. The fraction of sp³-hybridized carbons (Fsp3) is 0.444.